The highest BCUT2D eigenvalue weighted by Gasteiger charge is 2.34. The average molecular weight is 637 g/mol. The van der Waals surface area contributed by atoms with Gasteiger partial charge in [0, 0.05) is 87.3 Å². The summed E-state index contributed by atoms with van der Waals surface area (Å²) in [6.07, 6.45) is 11.2. The van der Waals surface area contributed by atoms with E-state index in [1.165, 1.54) is 11.3 Å². The predicted octanol–water partition coefficient (Wildman–Crippen LogP) is 2.74. The van der Waals surface area contributed by atoms with Crippen LogP contribution in [-0.2, 0) is 37.8 Å². The third kappa shape index (κ3) is 5.25. The van der Waals surface area contributed by atoms with Crippen LogP contribution in [-0.4, -0.2) is 92.0 Å². The number of hydrogen-bond donors (Lipinski definition) is 1. The summed E-state index contributed by atoms with van der Waals surface area (Å²) in [6.45, 7) is 5.61. The molecule has 0 saturated carbocycles. The molecule has 2 saturated heterocycles. The minimum absolute atomic E-state index is 0.0746. The fraction of sp³-hybridized carbons (Fsp3) is 0.429. The Balaban J connectivity index is 1.17. The summed E-state index contributed by atoms with van der Waals surface area (Å²) in [6, 6.07) is 10.1. The number of ether oxygens (including phenoxy) is 1. The zero-order chi connectivity index (χ0) is 32.1. The molecule has 1 N–H and O–H groups in total. The molecule has 0 radical (unpaired) electrons. The van der Waals surface area contributed by atoms with Crippen LogP contribution >= 0.6 is 0 Å². The van der Waals surface area contributed by atoms with Gasteiger partial charge in [0.15, 0.2) is 0 Å². The van der Waals surface area contributed by atoms with E-state index < -0.39 is 0 Å². The van der Waals surface area contributed by atoms with E-state index in [4.69, 9.17) is 4.74 Å². The van der Waals surface area contributed by atoms with Crippen LogP contribution in [0.3, 0.4) is 0 Å². The number of pyridine rings is 3. The predicted molar refractivity (Wildman–Crippen MR) is 178 cm³/mol. The van der Waals surface area contributed by atoms with E-state index in [-0.39, 0.29) is 18.1 Å². The van der Waals surface area contributed by atoms with Crippen molar-refractivity contribution in [2.45, 2.75) is 44.9 Å². The lowest BCUT2D eigenvalue weighted by atomic mass is 9.98. The number of carbonyl (C=O) groups is 1. The van der Waals surface area contributed by atoms with Crippen molar-refractivity contribution in [2.75, 3.05) is 55.8 Å². The molecule has 7 heterocycles. The quantitative estimate of drug-likeness (QED) is 0.327. The van der Waals surface area contributed by atoms with Crippen LogP contribution < -0.4 is 15.5 Å². The Morgan fingerprint density at radius 2 is 1.83 bits per heavy atom. The first-order chi connectivity index (χ1) is 23.0. The second kappa shape index (κ2) is 12.3. The molecule has 4 aromatic heterocycles. The van der Waals surface area contributed by atoms with Crippen molar-refractivity contribution in [3.8, 4) is 11.1 Å². The van der Waals surface area contributed by atoms with Crippen molar-refractivity contribution in [1.29, 1.82) is 0 Å². The van der Waals surface area contributed by atoms with Gasteiger partial charge in [-0.2, -0.15) is 0 Å². The summed E-state index contributed by atoms with van der Waals surface area (Å²) in [7, 11) is 1.74. The fourth-order valence-corrected chi connectivity index (χ4v) is 7.59. The van der Waals surface area contributed by atoms with Crippen LogP contribution in [0.4, 0.5) is 17.2 Å². The summed E-state index contributed by atoms with van der Waals surface area (Å²) in [5.74, 6) is 0.579. The van der Waals surface area contributed by atoms with E-state index in [9.17, 15) is 14.7 Å². The van der Waals surface area contributed by atoms with Gasteiger partial charge in [0.25, 0.3) is 11.5 Å². The summed E-state index contributed by atoms with van der Waals surface area (Å²) < 4.78 is 9.18. The first-order valence-electron chi connectivity index (χ1n) is 16.6. The molecule has 4 aliphatic rings. The van der Waals surface area contributed by atoms with Crippen molar-refractivity contribution >= 4 is 23.1 Å². The second-order valence-electron chi connectivity index (χ2n) is 12.9. The molecule has 12 nitrogen and oxygen atoms in total. The number of hydrogen-bond acceptors (Lipinski definition) is 9. The van der Waals surface area contributed by atoms with Gasteiger partial charge in [0.05, 0.1) is 37.7 Å². The first-order valence-corrected chi connectivity index (χ1v) is 16.6. The fourth-order valence-electron chi connectivity index (χ4n) is 7.59. The number of amides is 1. The minimum atomic E-state index is -0.288. The number of fused-ring (bicyclic) bond motifs is 3. The zero-order valence-corrected chi connectivity index (χ0v) is 26.7. The molecule has 0 spiro atoms. The van der Waals surface area contributed by atoms with Crippen LogP contribution in [0.1, 0.15) is 40.2 Å². The molecular formula is C35H40N8O4. The van der Waals surface area contributed by atoms with Crippen molar-refractivity contribution in [1.82, 2.24) is 29.0 Å². The lowest BCUT2D eigenvalue weighted by molar-refractivity contribution is -0.0769. The van der Waals surface area contributed by atoms with Crippen LogP contribution in [0.25, 0.3) is 11.1 Å². The topological polar surface area (TPSA) is 112 Å². The standard InChI is InChI=1S/C35H40N8O4/c1-38-20-25(17-31(34(38)45)43(33-8-4-5-9-37-33)40-12-10-39(11-13-40)26-22-47-23-26)27-18-36-19-32(28(27)21-44)42-15-14-41-29-7-3-2-6-24(29)16-30(41)35(42)46/h4-5,8-9,16-20,26,44H,2-3,6-7,10-15,21-23H2,1H3. The third-order valence-electron chi connectivity index (χ3n) is 10.2. The maximum Gasteiger partial charge on any atom is 0.275 e. The normalized spacial score (nSPS) is 18.9. The molecule has 0 atom stereocenters. The van der Waals surface area contributed by atoms with Crippen molar-refractivity contribution in [3.05, 3.63) is 88.0 Å². The highest BCUT2D eigenvalue weighted by atomic mass is 16.5. The molecule has 244 valence electrons. The molecule has 4 aromatic rings. The summed E-state index contributed by atoms with van der Waals surface area (Å²) >= 11 is 0. The first kappa shape index (κ1) is 30.0. The Morgan fingerprint density at radius 1 is 1.00 bits per heavy atom. The monoisotopic (exact) mass is 636 g/mol. The number of nitrogens with zero attached hydrogens (tertiary/aromatic N) is 8. The van der Waals surface area contributed by atoms with Gasteiger partial charge in [-0.05, 0) is 55.5 Å². The Labute approximate surface area is 273 Å². The number of anilines is 3. The van der Waals surface area contributed by atoms with Gasteiger partial charge < -0.3 is 23.9 Å². The largest absolute Gasteiger partial charge is 0.392 e. The van der Waals surface area contributed by atoms with Crippen LogP contribution in [0.15, 0.2) is 59.9 Å². The van der Waals surface area contributed by atoms with E-state index in [1.54, 1.807) is 41.3 Å². The van der Waals surface area contributed by atoms with E-state index >= 15 is 0 Å². The maximum absolute atomic E-state index is 13.9. The number of piperazine rings is 1. The smallest absolute Gasteiger partial charge is 0.275 e. The molecule has 8 rings (SSSR count). The number of hydrazine groups is 1. The lowest BCUT2D eigenvalue weighted by Crippen LogP contribution is -2.59. The molecule has 3 aliphatic heterocycles. The highest BCUT2D eigenvalue weighted by Crippen LogP contribution is 2.36. The lowest BCUT2D eigenvalue weighted by Gasteiger charge is -2.45. The highest BCUT2D eigenvalue weighted by molar-refractivity contribution is 6.07. The summed E-state index contributed by atoms with van der Waals surface area (Å²) in [5.41, 5.74) is 6.15. The zero-order valence-electron chi connectivity index (χ0n) is 26.7. The molecule has 47 heavy (non-hydrogen) atoms. The van der Waals surface area contributed by atoms with Gasteiger partial charge in [-0.1, -0.05) is 6.07 Å². The Bertz CT molecular complexity index is 1860. The third-order valence-corrected chi connectivity index (χ3v) is 10.2. The van der Waals surface area contributed by atoms with E-state index in [0.717, 1.165) is 70.6 Å². The summed E-state index contributed by atoms with van der Waals surface area (Å²) in [4.78, 5) is 41.2. The SMILES string of the molecule is Cn1cc(-c2cncc(N3CCn4c(cc5c4CCCC5)C3=O)c2CO)cc(N(c2ccccn2)N2CCN(C3COC3)CC2)c1=O. The van der Waals surface area contributed by atoms with Crippen LogP contribution in [0, 0.1) is 0 Å². The molecule has 0 bridgehead atoms. The number of carbonyl (C=O) groups excluding carboxylic acids is 1. The molecule has 0 unspecified atom stereocenters. The molecule has 0 aromatic carbocycles. The Kier molecular flexibility index (Phi) is 7.88. The Morgan fingerprint density at radius 3 is 2.57 bits per heavy atom. The van der Waals surface area contributed by atoms with Gasteiger partial charge in [-0.15, -0.1) is 0 Å². The second-order valence-corrected chi connectivity index (χ2v) is 12.9. The van der Waals surface area contributed by atoms with E-state index in [1.807, 2.05) is 29.3 Å². The molecular weight excluding hydrogens is 596 g/mol. The van der Waals surface area contributed by atoms with Crippen molar-refractivity contribution in [2.24, 2.45) is 7.05 Å². The van der Waals surface area contributed by atoms with Crippen molar-refractivity contribution < 1.29 is 14.6 Å². The van der Waals surface area contributed by atoms with E-state index in [2.05, 4.69) is 30.5 Å². The number of aromatic nitrogens is 4. The van der Waals surface area contributed by atoms with Gasteiger partial charge in [0.2, 0.25) is 0 Å². The number of aryl methyl sites for hydroxylation is 2. The van der Waals surface area contributed by atoms with Crippen LogP contribution in [0.5, 0.6) is 0 Å². The Hall–Kier alpha value is -4.36. The molecule has 12 heteroatoms. The van der Waals surface area contributed by atoms with E-state index in [0.29, 0.717) is 53.1 Å². The maximum atomic E-state index is 13.9. The molecule has 2 fully saturated rings. The molecule has 1 aliphatic carbocycles. The van der Waals surface area contributed by atoms with Gasteiger partial charge >= 0.3 is 0 Å². The number of aliphatic hydroxyl groups is 1. The van der Waals surface area contributed by atoms with Gasteiger partial charge in [0.1, 0.15) is 17.2 Å². The van der Waals surface area contributed by atoms with Crippen molar-refractivity contribution in [3.63, 3.8) is 0 Å². The molecule has 1 amide bonds. The summed E-state index contributed by atoms with van der Waals surface area (Å²) in [5, 5.41) is 14.9. The van der Waals surface area contributed by atoms with Gasteiger partial charge in [-0.3, -0.25) is 24.5 Å². The minimum Gasteiger partial charge on any atom is -0.392 e. The van der Waals surface area contributed by atoms with Crippen LogP contribution in [0.2, 0.25) is 0 Å². The number of rotatable bonds is 7. The number of aliphatic hydroxyl groups excluding tert-OH is 1. The average Bonchev–Trinajstić information content (AvgIpc) is 3.47. The van der Waals surface area contributed by atoms with Gasteiger partial charge in [-0.25, -0.2) is 9.99 Å².